The number of amides is 2. The molecule has 0 unspecified atom stereocenters. The van der Waals surface area contributed by atoms with Crippen LogP contribution in [0.3, 0.4) is 0 Å². The zero-order chi connectivity index (χ0) is 29.0. The van der Waals surface area contributed by atoms with Gasteiger partial charge in [-0.15, -0.1) is 5.10 Å². The number of carbonyl (C=O) groups excluding carboxylic acids is 2. The molecule has 0 bridgehead atoms. The highest BCUT2D eigenvalue weighted by molar-refractivity contribution is 6.01. The lowest BCUT2D eigenvalue weighted by molar-refractivity contribution is -0.137. The van der Waals surface area contributed by atoms with Crippen molar-refractivity contribution in [2.24, 2.45) is 0 Å². The third-order valence-corrected chi connectivity index (χ3v) is 6.43. The number of nitrogens with zero attached hydrogens (tertiary/aromatic N) is 4. The van der Waals surface area contributed by atoms with Crippen LogP contribution in [0.1, 0.15) is 22.7 Å². The van der Waals surface area contributed by atoms with E-state index in [0.29, 0.717) is 11.0 Å². The molecule has 0 radical (unpaired) electrons. The fraction of sp³-hybridized carbons (Fsp3) is 0.133. The van der Waals surface area contributed by atoms with Gasteiger partial charge in [0.15, 0.2) is 0 Å². The number of anilines is 1. The molecular weight excluding hydrogens is 538 g/mol. The molecule has 0 aliphatic heterocycles. The van der Waals surface area contributed by atoms with E-state index in [-0.39, 0.29) is 17.8 Å². The Balaban J connectivity index is 1.59. The summed E-state index contributed by atoms with van der Waals surface area (Å²) in [5, 5.41) is 10.8. The molecule has 0 aliphatic rings. The molecule has 11 heteroatoms. The number of hydrogen-bond acceptors (Lipinski definition) is 4. The molecule has 1 N–H and O–H groups in total. The number of carbonyl (C=O) groups is 2. The van der Waals surface area contributed by atoms with Crippen molar-refractivity contribution in [2.45, 2.75) is 25.3 Å². The second-order valence-corrected chi connectivity index (χ2v) is 9.21. The molecule has 1 heterocycles. The van der Waals surface area contributed by atoms with E-state index in [1.165, 1.54) is 22.9 Å². The number of rotatable bonds is 8. The SMILES string of the molecule is O=C(NCc1ccccc1)[C@H](c1ccc(F)cc1)N(C(=O)Cn1nnc2ccccc21)c1cccc(C(F)(F)F)c1. The van der Waals surface area contributed by atoms with Crippen LogP contribution in [-0.2, 0) is 28.9 Å². The number of fused-ring (bicyclic) bond motifs is 1. The van der Waals surface area contributed by atoms with Gasteiger partial charge in [0.25, 0.3) is 0 Å². The molecule has 2 amide bonds. The molecule has 0 saturated heterocycles. The van der Waals surface area contributed by atoms with Crippen molar-refractivity contribution in [1.29, 1.82) is 0 Å². The van der Waals surface area contributed by atoms with Crippen LogP contribution >= 0.6 is 0 Å². The Morgan fingerprint density at radius 3 is 2.32 bits per heavy atom. The van der Waals surface area contributed by atoms with E-state index in [1.807, 2.05) is 6.07 Å². The summed E-state index contributed by atoms with van der Waals surface area (Å²) < 4.78 is 56.3. The smallest absolute Gasteiger partial charge is 0.350 e. The molecule has 41 heavy (non-hydrogen) atoms. The number of aromatic nitrogens is 3. The number of benzene rings is 4. The maximum atomic E-state index is 14.0. The highest BCUT2D eigenvalue weighted by Gasteiger charge is 2.36. The minimum absolute atomic E-state index is 0.0930. The van der Waals surface area contributed by atoms with Gasteiger partial charge >= 0.3 is 6.18 Å². The van der Waals surface area contributed by atoms with Crippen molar-refractivity contribution in [2.75, 3.05) is 4.90 Å². The number of alkyl halides is 3. The second kappa shape index (κ2) is 11.6. The van der Waals surface area contributed by atoms with Gasteiger partial charge < -0.3 is 5.32 Å². The molecule has 1 atom stereocenters. The van der Waals surface area contributed by atoms with E-state index in [9.17, 15) is 27.2 Å². The molecule has 7 nitrogen and oxygen atoms in total. The van der Waals surface area contributed by atoms with E-state index in [2.05, 4.69) is 15.6 Å². The largest absolute Gasteiger partial charge is 0.416 e. The Morgan fingerprint density at radius 2 is 1.59 bits per heavy atom. The molecule has 4 aromatic carbocycles. The van der Waals surface area contributed by atoms with Crippen LogP contribution < -0.4 is 10.2 Å². The van der Waals surface area contributed by atoms with Gasteiger partial charge in [0, 0.05) is 12.2 Å². The number of halogens is 4. The third-order valence-electron chi connectivity index (χ3n) is 6.43. The molecular formula is C30H23F4N5O2. The second-order valence-electron chi connectivity index (χ2n) is 9.21. The Hall–Kier alpha value is -5.06. The van der Waals surface area contributed by atoms with E-state index in [0.717, 1.165) is 40.8 Å². The van der Waals surface area contributed by atoms with Gasteiger partial charge in [-0.2, -0.15) is 13.2 Å². The third kappa shape index (κ3) is 6.24. The normalized spacial score (nSPS) is 12.2. The Labute approximate surface area is 232 Å². The Bertz CT molecular complexity index is 1670. The Morgan fingerprint density at radius 1 is 0.878 bits per heavy atom. The van der Waals surface area contributed by atoms with Crippen LogP contribution in [0.5, 0.6) is 0 Å². The van der Waals surface area contributed by atoms with Crippen molar-refractivity contribution < 1.29 is 27.2 Å². The van der Waals surface area contributed by atoms with Gasteiger partial charge in [-0.3, -0.25) is 14.5 Å². The minimum atomic E-state index is -4.70. The van der Waals surface area contributed by atoms with Crippen molar-refractivity contribution in [1.82, 2.24) is 20.3 Å². The van der Waals surface area contributed by atoms with Crippen molar-refractivity contribution in [3.05, 3.63) is 126 Å². The average Bonchev–Trinajstić information content (AvgIpc) is 3.38. The summed E-state index contributed by atoms with van der Waals surface area (Å²) in [5.41, 5.74) is 0.842. The fourth-order valence-electron chi connectivity index (χ4n) is 4.45. The first-order chi connectivity index (χ1) is 19.7. The van der Waals surface area contributed by atoms with E-state index < -0.39 is 42.0 Å². The molecule has 0 fully saturated rings. The van der Waals surface area contributed by atoms with E-state index in [4.69, 9.17) is 0 Å². The van der Waals surface area contributed by atoms with Crippen LogP contribution in [0.2, 0.25) is 0 Å². The van der Waals surface area contributed by atoms with E-state index in [1.54, 1.807) is 48.5 Å². The summed E-state index contributed by atoms with van der Waals surface area (Å²) in [4.78, 5) is 28.7. The number of hydrogen-bond donors (Lipinski definition) is 1. The standard InChI is InChI=1S/C30H23F4N5O2/c31-23-15-13-21(14-16-23)28(29(41)35-18-20-7-2-1-3-8-20)39(24-10-6-9-22(17-24)30(32,33)34)27(40)19-38-26-12-5-4-11-25(26)36-37-38/h1-17,28H,18-19H2,(H,35,41)/t28-/m0/s1. The molecule has 208 valence electrons. The summed E-state index contributed by atoms with van der Waals surface area (Å²) in [5.74, 6) is -1.98. The van der Waals surface area contributed by atoms with Crippen LogP contribution in [0, 0.1) is 5.82 Å². The molecule has 0 spiro atoms. The van der Waals surface area contributed by atoms with E-state index >= 15 is 0 Å². The lowest BCUT2D eigenvalue weighted by Crippen LogP contribution is -2.45. The maximum Gasteiger partial charge on any atom is 0.416 e. The van der Waals surface area contributed by atoms with Crippen LogP contribution in [0.25, 0.3) is 11.0 Å². The lowest BCUT2D eigenvalue weighted by atomic mass is 10.0. The van der Waals surface area contributed by atoms with Gasteiger partial charge in [0.2, 0.25) is 11.8 Å². The first kappa shape index (κ1) is 27.5. The number of nitrogens with one attached hydrogen (secondary N) is 1. The van der Waals surface area contributed by atoms with Crippen molar-refractivity contribution >= 4 is 28.5 Å². The maximum absolute atomic E-state index is 14.0. The summed E-state index contributed by atoms with van der Waals surface area (Å²) in [6, 6.07) is 23.4. The average molecular weight is 562 g/mol. The summed E-state index contributed by atoms with van der Waals surface area (Å²) in [6.07, 6.45) is -4.70. The first-order valence-corrected chi connectivity index (χ1v) is 12.6. The van der Waals surface area contributed by atoms with Crippen molar-refractivity contribution in [3.8, 4) is 0 Å². The monoisotopic (exact) mass is 561 g/mol. The quantitative estimate of drug-likeness (QED) is 0.247. The zero-order valence-corrected chi connectivity index (χ0v) is 21.4. The highest BCUT2D eigenvalue weighted by Crippen LogP contribution is 2.35. The summed E-state index contributed by atoms with van der Waals surface area (Å²) in [6.45, 7) is -0.337. The van der Waals surface area contributed by atoms with Gasteiger partial charge in [-0.05, 0) is 53.6 Å². The minimum Gasteiger partial charge on any atom is -0.350 e. The summed E-state index contributed by atoms with van der Waals surface area (Å²) in [7, 11) is 0. The van der Waals surface area contributed by atoms with Crippen LogP contribution in [0.15, 0.2) is 103 Å². The predicted molar refractivity (Wildman–Crippen MR) is 144 cm³/mol. The van der Waals surface area contributed by atoms with Crippen LogP contribution in [-0.4, -0.2) is 26.8 Å². The van der Waals surface area contributed by atoms with Crippen molar-refractivity contribution in [3.63, 3.8) is 0 Å². The molecule has 5 rings (SSSR count). The molecule has 0 saturated carbocycles. The fourth-order valence-corrected chi connectivity index (χ4v) is 4.45. The van der Waals surface area contributed by atoms with Gasteiger partial charge in [0.1, 0.15) is 23.9 Å². The Kier molecular flexibility index (Phi) is 7.77. The van der Waals surface area contributed by atoms with Gasteiger partial charge in [-0.1, -0.05) is 65.9 Å². The van der Waals surface area contributed by atoms with Gasteiger partial charge in [-0.25, -0.2) is 9.07 Å². The van der Waals surface area contributed by atoms with Crippen LogP contribution in [0.4, 0.5) is 23.2 Å². The zero-order valence-electron chi connectivity index (χ0n) is 21.4. The lowest BCUT2D eigenvalue weighted by Gasteiger charge is -2.32. The first-order valence-electron chi connectivity index (χ1n) is 12.6. The molecule has 5 aromatic rings. The number of para-hydroxylation sites is 1. The highest BCUT2D eigenvalue weighted by atomic mass is 19.4. The predicted octanol–water partition coefficient (Wildman–Crippen LogP) is 5.68. The topological polar surface area (TPSA) is 80.1 Å². The molecule has 0 aliphatic carbocycles. The molecule has 1 aromatic heterocycles. The van der Waals surface area contributed by atoms with Gasteiger partial charge in [0.05, 0.1) is 11.1 Å². The summed E-state index contributed by atoms with van der Waals surface area (Å²) >= 11 is 0.